The van der Waals surface area contributed by atoms with E-state index in [1.54, 1.807) is 30.3 Å². The summed E-state index contributed by atoms with van der Waals surface area (Å²) in [5, 5.41) is 13.9. The first-order chi connectivity index (χ1) is 14.0. The van der Waals surface area contributed by atoms with E-state index in [4.69, 9.17) is 11.6 Å². The number of benzene rings is 2. The van der Waals surface area contributed by atoms with E-state index in [0.29, 0.717) is 34.5 Å². The van der Waals surface area contributed by atoms with Gasteiger partial charge < -0.3 is 4.98 Å². The topological polar surface area (TPSA) is 104 Å². The number of hydrogen-bond acceptors (Lipinski definition) is 5. The highest BCUT2D eigenvalue weighted by atomic mass is 35.5. The lowest BCUT2D eigenvalue weighted by Gasteiger charge is -2.05. The van der Waals surface area contributed by atoms with Gasteiger partial charge in [-0.2, -0.15) is 5.21 Å². The summed E-state index contributed by atoms with van der Waals surface area (Å²) in [5.74, 6) is -1.32. The number of hydrogen-bond donors (Lipinski definition) is 2. The third-order valence-electron chi connectivity index (χ3n) is 4.61. The van der Waals surface area contributed by atoms with Crippen LogP contribution in [0.15, 0.2) is 42.5 Å². The molecule has 0 saturated carbocycles. The van der Waals surface area contributed by atoms with E-state index in [1.165, 1.54) is 12.1 Å². The van der Waals surface area contributed by atoms with E-state index in [1.807, 2.05) is 0 Å². The van der Waals surface area contributed by atoms with Crippen LogP contribution in [-0.2, 0) is 12.8 Å². The molecule has 0 aliphatic carbocycles. The van der Waals surface area contributed by atoms with Crippen LogP contribution in [0.5, 0.6) is 0 Å². The molecule has 0 aliphatic rings. The van der Waals surface area contributed by atoms with Crippen LogP contribution in [0, 0.1) is 5.82 Å². The highest BCUT2D eigenvalue weighted by molar-refractivity contribution is 6.31. The van der Waals surface area contributed by atoms with Gasteiger partial charge in [-0.15, -0.1) is 10.2 Å². The van der Waals surface area contributed by atoms with Crippen molar-refractivity contribution in [2.45, 2.75) is 19.3 Å². The van der Waals surface area contributed by atoms with Crippen LogP contribution in [0.1, 0.15) is 38.7 Å². The smallest absolute Gasteiger partial charge is 0.240 e. The van der Waals surface area contributed by atoms with Gasteiger partial charge >= 0.3 is 0 Å². The summed E-state index contributed by atoms with van der Waals surface area (Å²) in [6.07, 6.45) is 0.720. The van der Waals surface area contributed by atoms with Crippen LogP contribution in [0.2, 0.25) is 5.02 Å². The Labute approximate surface area is 169 Å². The van der Waals surface area contributed by atoms with Gasteiger partial charge in [0.25, 0.3) is 0 Å². The van der Waals surface area contributed by atoms with Gasteiger partial charge in [0.15, 0.2) is 5.78 Å². The maximum Gasteiger partial charge on any atom is 0.240 e. The van der Waals surface area contributed by atoms with E-state index in [2.05, 4.69) is 25.6 Å². The molecule has 4 rings (SSSR count). The standard InChI is InChI=1S/C20H15ClFN5O2/c21-12-4-8-15-14(9-12)19(17(28)10-18(29)20-24-26-27-25-20)16(23-15)7-3-11-1-5-13(22)6-2-11/h1-2,4-6,8-9,23H,3,7,10H2,(H,24,25,26,27). The second-order valence-corrected chi connectivity index (χ2v) is 6.99. The molecule has 0 atom stereocenters. The largest absolute Gasteiger partial charge is 0.358 e. The second-order valence-electron chi connectivity index (χ2n) is 6.55. The Morgan fingerprint density at radius 2 is 1.83 bits per heavy atom. The summed E-state index contributed by atoms with van der Waals surface area (Å²) in [6, 6.07) is 11.4. The Morgan fingerprint density at radius 3 is 2.55 bits per heavy atom. The van der Waals surface area contributed by atoms with Gasteiger partial charge in [-0.1, -0.05) is 23.7 Å². The molecule has 0 amide bonds. The molecule has 7 nitrogen and oxygen atoms in total. The van der Waals surface area contributed by atoms with Gasteiger partial charge in [0.05, 0.1) is 6.42 Å². The maximum absolute atomic E-state index is 13.1. The molecule has 29 heavy (non-hydrogen) atoms. The zero-order chi connectivity index (χ0) is 20.4. The summed E-state index contributed by atoms with van der Waals surface area (Å²) in [5.41, 5.74) is 2.79. The van der Waals surface area contributed by atoms with E-state index < -0.39 is 5.78 Å². The van der Waals surface area contributed by atoms with Gasteiger partial charge in [-0.05, 0) is 54.0 Å². The van der Waals surface area contributed by atoms with Crippen molar-refractivity contribution in [3.8, 4) is 0 Å². The number of carbonyl (C=O) groups excluding carboxylic acids is 2. The number of aryl methyl sites for hydroxylation is 2. The van der Waals surface area contributed by atoms with Crippen molar-refractivity contribution in [3.05, 3.63) is 75.9 Å². The number of halogens is 2. The highest BCUT2D eigenvalue weighted by Gasteiger charge is 2.23. The van der Waals surface area contributed by atoms with Crippen molar-refractivity contribution < 1.29 is 14.0 Å². The molecule has 0 spiro atoms. The molecular formula is C20H15ClFN5O2. The first kappa shape index (κ1) is 18.9. The fourth-order valence-corrected chi connectivity index (χ4v) is 3.41. The van der Waals surface area contributed by atoms with Gasteiger partial charge in [-0.25, -0.2) is 4.39 Å². The molecule has 0 radical (unpaired) electrons. The third kappa shape index (κ3) is 4.07. The Balaban J connectivity index is 1.65. The SMILES string of the molecule is O=C(CC(=O)c1c(CCc2ccc(F)cc2)[nH]c2ccc(Cl)cc12)c1nn[nH]n1. The van der Waals surface area contributed by atoms with E-state index >= 15 is 0 Å². The third-order valence-corrected chi connectivity index (χ3v) is 4.85. The Bertz CT molecular complexity index is 1190. The fourth-order valence-electron chi connectivity index (χ4n) is 3.24. The van der Waals surface area contributed by atoms with Crippen LogP contribution in [0.25, 0.3) is 10.9 Å². The lowest BCUT2D eigenvalue weighted by molar-refractivity contribution is 0.0889. The number of rotatable bonds is 7. The molecule has 2 aromatic heterocycles. The number of aromatic nitrogens is 5. The molecule has 2 aromatic carbocycles. The van der Waals surface area contributed by atoms with E-state index in [0.717, 1.165) is 11.1 Å². The molecular weight excluding hydrogens is 397 g/mol. The Morgan fingerprint density at radius 1 is 1.03 bits per heavy atom. The van der Waals surface area contributed by atoms with Crippen molar-refractivity contribution in [2.24, 2.45) is 0 Å². The van der Waals surface area contributed by atoms with E-state index in [-0.39, 0.29) is 23.8 Å². The number of ketones is 2. The number of carbonyl (C=O) groups is 2. The number of nitrogens with zero attached hydrogens (tertiary/aromatic N) is 3. The lowest BCUT2D eigenvalue weighted by Crippen LogP contribution is -2.12. The highest BCUT2D eigenvalue weighted by Crippen LogP contribution is 2.28. The minimum Gasteiger partial charge on any atom is -0.358 e. The summed E-state index contributed by atoms with van der Waals surface area (Å²) >= 11 is 6.12. The molecule has 0 aliphatic heterocycles. The van der Waals surface area contributed by atoms with Gasteiger partial charge in [0, 0.05) is 27.2 Å². The monoisotopic (exact) mass is 411 g/mol. The molecule has 0 saturated heterocycles. The molecule has 2 N–H and O–H groups in total. The Kier molecular flexibility index (Phi) is 5.18. The van der Waals surface area contributed by atoms with Crippen molar-refractivity contribution in [2.75, 3.05) is 0 Å². The number of Topliss-reactive ketones (excluding diaryl/α,β-unsaturated/α-hetero) is 2. The normalized spacial score (nSPS) is 11.1. The average Bonchev–Trinajstić information content (AvgIpc) is 3.35. The Hall–Kier alpha value is -3.39. The van der Waals surface area contributed by atoms with Gasteiger partial charge in [0.2, 0.25) is 11.6 Å². The van der Waals surface area contributed by atoms with E-state index in [9.17, 15) is 14.0 Å². The van der Waals surface area contributed by atoms with Crippen molar-refractivity contribution in [3.63, 3.8) is 0 Å². The summed E-state index contributed by atoms with van der Waals surface area (Å²) in [6.45, 7) is 0. The van der Waals surface area contributed by atoms with Crippen LogP contribution in [0.3, 0.4) is 0 Å². The molecule has 0 bridgehead atoms. The first-order valence-electron chi connectivity index (χ1n) is 8.85. The minimum absolute atomic E-state index is 0.135. The van der Waals surface area contributed by atoms with Gasteiger partial charge in [-0.3, -0.25) is 9.59 Å². The average molecular weight is 412 g/mol. The summed E-state index contributed by atoms with van der Waals surface area (Å²) < 4.78 is 13.1. The zero-order valence-corrected chi connectivity index (χ0v) is 15.8. The second kappa shape index (κ2) is 7.92. The molecule has 146 valence electrons. The number of aromatic amines is 2. The number of nitrogens with one attached hydrogen (secondary N) is 2. The summed E-state index contributed by atoms with van der Waals surface area (Å²) in [7, 11) is 0. The van der Waals surface area contributed by atoms with Crippen LogP contribution >= 0.6 is 11.6 Å². The number of H-pyrrole nitrogens is 2. The minimum atomic E-state index is -0.524. The molecule has 4 aromatic rings. The van der Waals surface area contributed by atoms with Crippen LogP contribution in [0.4, 0.5) is 4.39 Å². The first-order valence-corrected chi connectivity index (χ1v) is 9.23. The molecule has 9 heteroatoms. The predicted octanol–water partition coefficient (Wildman–Crippen LogP) is 3.71. The van der Waals surface area contributed by atoms with Crippen molar-refractivity contribution >= 4 is 34.1 Å². The summed E-state index contributed by atoms with van der Waals surface area (Å²) in [4.78, 5) is 28.5. The molecule has 2 heterocycles. The quantitative estimate of drug-likeness (QED) is 0.356. The zero-order valence-electron chi connectivity index (χ0n) is 15.1. The molecule has 0 unspecified atom stereocenters. The van der Waals surface area contributed by atoms with Gasteiger partial charge in [0.1, 0.15) is 5.82 Å². The number of tetrazole rings is 1. The number of fused-ring (bicyclic) bond motifs is 1. The van der Waals surface area contributed by atoms with Crippen molar-refractivity contribution in [1.82, 2.24) is 25.6 Å². The maximum atomic E-state index is 13.1. The molecule has 0 fully saturated rings. The lowest BCUT2D eigenvalue weighted by atomic mass is 9.98. The predicted molar refractivity (Wildman–Crippen MR) is 105 cm³/mol. The fraction of sp³-hybridized carbons (Fsp3) is 0.150. The van der Waals surface area contributed by atoms with Crippen LogP contribution < -0.4 is 0 Å². The van der Waals surface area contributed by atoms with Crippen LogP contribution in [-0.4, -0.2) is 37.2 Å². The van der Waals surface area contributed by atoms with Crippen molar-refractivity contribution in [1.29, 1.82) is 0 Å².